The second-order valence-corrected chi connectivity index (χ2v) is 5.93. The summed E-state index contributed by atoms with van der Waals surface area (Å²) in [6.07, 6.45) is 5.19. The van der Waals surface area contributed by atoms with Crippen molar-refractivity contribution in [2.45, 2.75) is 32.0 Å². The lowest BCUT2D eigenvalue weighted by molar-refractivity contribution is -0.156. The number of likely N-dealkylation sites (N-methyl/N-ethyl adjacent to an activating group) is 1. The lowest BCUT2D eigenvalue weighted by Gasteiger charge is -2.20. The lowest BCUT2D eigenvalue weighted by Crippen LogP contribution is -2.15. The van der Waals surface area contributed by atoms with Crippen molar-refractivity contribution in [3.05, 3.63) is 59.6 Å². The van der Waals surface area contributed by atoms with Crippen LogP contribution in [0.3, 0.4) is 0 Å². The zero-order valence-electron chi connectivity index (χ0n) is 13.8. The largest absolute Gasteiger partial charge is 0.470 e. The highest BCUT2D eigenvalue weighted by Gasteiger charge is 2.38. The summed E-state index contributed by atoms with van der Waals surface area (Å²) in [7, 11) is 2.02. The van der Waals surface area contributed by atoms with Crippen LogP contribution in [0.5, 0.6) is 0 Å². The highest BCUT2D eigenvalue weighted by Crippen LogP contribution is 2.30. The predicted molar refractivity (Wildman–Crippen MR) is 87.3 cm³/mol. The third-order valence-corrected chi connectivity index (χ3v) is 3.95. The van der Waals surface area contributed by atoms with E-state index in [1.54, 1.807) is 12.1 Å². The number of hydrogen-bond donors (Lipinski definition) is 0. The molecule has 1 aliphatic carbocycles. The molecule has 0 saturated carbocycles. The minimum Gasteiger partial charge on any atom is -0.413 e. The maximum Gasteiger partial charge on any atom is 0.470 e. The summed E-state index contributed by atoms with van der Waals surface area (Å²) >= 11 is 0. The van der Waals surface area contributed by atoms with Crippen molar-refractivity contribution in [2.75, 3.05) is 7.05 Å². The van der Waals surface area contributed by atoms with Gasteiger partial charge in [-0.3, -0.25) is 0 Å². The van der Waals surface area contributed by atoms with Crippen LogP contribution in [0.4, 0.5) is 13.2 Å². The number of aromatic nitrogens is 2. The van der Waals surface area contributed by atoms with Gasteiger partial charge in [0.1, 0.15) is 0 Å². The summed E-state index contributed by atoms with van der Waals surface area (Å²) in [6.45, 7) is 0.702. The molecule has 25 heavy (non-hydrogen) atoms. The fraction of sp³-hybridized carbons (Fsp3) is 0.333. The van der Waals surface area contributed by atoms with Gasteiger partial charge in [0.15, 0.2) is 0 Å². The van der Waals surface area contributed by atoms with E-state index in [1.807, 2.05) is 19.2 Å². The first-order valence-corrected chi connectivity index (χ1v) is 8.01. The topological polar surface area (TPSA) is 42.2 Å². The van der Waals surface area contributed by atoms with Gasteiger partial charge in [-0.25, -0.2) is 0 Å². The van der Waals surface area contributed by atoms with Crippen LogP contribution in [0.15, 0.2) is 52.6 Å². The molecule has 7 heteroatoms. The molecule has 0 amide bonds. The molecular formula is C18H18F3N3O. The summed E-state index contributed by atoms with van der Waals surface area (Å²) in [5, 5.41) is 6.50. The predicted octanol–water partition coefficient (Wildman–Crippen LogP) is 4.81. The maximum absolute atomic E-state index is 12.5. The second-order valence-electron chi connectivity index (χ2n) is 5.93. The standard InChI is InChI=1S/C18H18F3N3O/c1-24(15-6-4-2-3-5-7-15)12-13-8-10-14(11-9-13)16-22-23-17(25-16)18(19,20)21/h4,6-11H,2-3,5,12H2,1H3. The average molecular weight is 349 g/mol. The first kappa shape index (κ1) is 17.3. The van der Waals surface area contributed by atoms with Crippen LogP contribution in [0, 0.1) is 0 Å². The van der Waals surface area contributed by atoms with Gasteiger partial charge in [0.25, 0.3) is 0 Å². The Kier molecular flexibility index (Phi) is 4.92. The van der Waals surface area contributed by atoms with Crippen molar-refractivity contribution >= 4 is 0 Å². The van der Waals surface area contributed by atoms with Crippen LogP contribution in [-0.4, -0.2) is 22.1 Å². The first-order valence-electron chi connectivity index (χ1n) is 8.01. The minimum atomic E-state index is -4.63. The molecule has 0 aliphatic heterocycles. The first-order chi connectivity index (χ1) is 11.9. The van der Waals surface area contributed by atoms with Gasteiger partial charge in [-0.2, -0.15) is 13.2 Å². The van der Waals surface area contributed by atoms with E-state index in [-0.39, 0.29) is 5.89 Å². The maximum atomic E-state index is 12.5. The molecule has 132 valence electrons. The summed E-state index contributed by atoms with van der Waals surface area (Å²) in [6, 6.07) is 7.08. The highest BCUT2D eigenvalue weighted by molar-refractivity contribution is 5.53. The number of allylic oxidation sites excluding steroid dienone is 3. The van der Waals surface area contributed by atoms with E-state index >= 15 is 0 Å². The molecule has 1 heterocycles. The Bertz CT molecular complexity index is 776. The number of rotatable bonds is 4. The number of benzene rings is 1. The van der Waals surface area contributed by atoms with Gasteiger partial charge in [0, 0.05) is 24.9 Å². The third kappa shape index (κ3) is 4.29. The second kappa shape index (κ2) is 7.13. The monoisotopic (exact) mass is 349 g/mol. The van der Waals surface area contributed by atoms with Crippen molar-refractivity contribution in [1.82, 2.24) is 15.1 Å². The van der Waals surface area contributed by atoms with Gasteiger partial charge >= 0.3 is 12.1 Å². The molecule has 2 aromatic rings. The zero-order chi connectivity index (χ0) is 17.9. The molecule has 0 bridgehead atoms. The van der Waals surface area contributed by atoms with Crippen molar-refractivity contribution in [1.29, 1.82) is 0 Å². The van der Waals surface area contributed by atoms with Crippen LogP contribution in [0.2, 0.25) is 0 Å². The van der Waals surface area contributed by atoms with Gasteiger partial charge in [0.2, 0.25) is 5.89 Å². The van der Waals surface area contributed by atoms with Crippen LogP contribution < -0.4 is 0 Å². The molecule has 0 N–H and O–H groups in total. The number of hydrogen-bond acceptors (Lipinski definition) is 4. The van der Waals surface area contributed by atoms with E-state index in [2.05, 4.69) is 37.7 Å². The van der Waals surface area contributed by atoms with Crippen molar-refractivity contribution in [2.24, 2.45) is 0 Å². The zero-order valence-corrected chi connectivity index (χ0v) is 13.8. The smallest absolute Gasteiger partial charge is 0.413 e. The molecule has 1 aromatic heterocycles. The molecule has 1 aliphatic rings. The fourth-order valence-corrected chi connectivity index (χ4v) is 2.61. The van der Waals surface area contributed by atoms with E-state index in [9.17, 15) is 13.2 Å². The Hall–Kier alpha value is -2.57. The van der Waals surface area contributed by atoms with E-state index < -0.39 is 12.1 Å². The molecule has 0 fully saturated rings. The molecular weight excluding hydrogens is 331 g/mol. The fourth-order valence-electron chi connectivity index (χ4n) is 2.61. The molecule has 0 saturated heterocycles. The van der Waals surface area contributed by atoms with E-state index in [1.165, 1.54) is 5.70 Å². The van der Waals surface area contributed by atoms with Crippen LogP contribution in [-0.2, 0) is 12.7 Å². The molecule has 0 spiro atoms. The molecule has 0 unspecified atom stereocenters. The van der Waals surface area contributed by atoms with E-state index in [0.29, 0.717) is 12.1 Å². The Labute approximate surface area is 143 Å². The number of alkyl halides is 3. The molecule has 0 radical (unpaired) electrons. The molecule has 1 aromatic carbocycles. The summed E-state index contributed by atoms with van der Waals surface area (Å²) in [5.41, 5.74) is 2.68. The van der Waals surface area contributed by atoms with Gasteiger partial charge in [-0.1, -0.05) is 24.3 Å². The minimum absolute atomic E-state index is 0.137. The Morgan fingerprint density at radius 1 is 1.12 bits per heavy atom. The van der Waals surface area contributed by atoms with Gasteiger partial charge in [-0.15, -0.1) is 10.2 Å². The third-order valence-electron chi connectivity index (χ3n) is 3.95. The Morgan fingerprint density at radius 3 is 2.56 bits per heavy atom. The normalized spacial score (nSPS) is 15.0. The summed E-state index contributed by atoms with van der Waals surface area (Å²) in [4.78, 5) is 2.14. The van der Waals surface area contributed by atoms with Crippen molar-refractivity contribution in [3.63, 3.8) is 0 Å². The van der Waals surface area contributed by atoms with Gasteiger partial charge in [-0.05, 0) is 43.0 Å². The number of nitrogens with zero attached hydrogens (tertiary/aromatic N) is 3. The van der Waals surface area contributed by atoms with Gasteiger partial charge < -0.3 is 9.32 Å². The lowest BCUT2D eigenvalue weighted by atomic mass is 10.1. The van der Waals surface area contributed by atoms with Crippen molar-refractivity contribution < 1.29 is 17.6 Å². The Balaban J connectivity index is 1.70. The quantitative estimate of drug-likeness (QED) is 0.794. The van der Waals surface area contributed by atoms with Crippen LogP contribution in [0.25, 0.3) is 11.5 Å². The number of halogens is 3. The molecule has 4 nitrogen and oxygen atoms in total. The highest BCUT2D eigenvalue weighted by atomic mass is 19.4. The SMILES string of the molecule is CN(Cc1ccc(-c2nnc(C(F)(F)F)o2)cc1)C1=CCCCC=C1. The van der Waals surface area contributed by atoms with Gasteiger partial charge in [0.05, 0.1) is 0 Å². The summed E-state index contributed by atoms with van der Waals surface area (Å²) in [5.74, 6) is -1.47. The van der Waals surface area contributed by atoms with Crippen LogP contribution in [0.1, 0.15) is 30.7 Å². The Morgan fingerprint density at radius 2 is 1.88 bits per heavy atom. The van der Waals surface area contributed by atoms with Crippen molar-refractivity contribution in [3.8, 4) is 11.5 Å². The molecule has 3 rings (SSSR count). The van der Waals surface area contributed by atoms with E-state index in [4.69, 9.17) is 0 Å². The average Bonchev–Trinajstić information content (AvgIpc) is 2.92. The van der Waals surface area contributed by atoms with E-state index in [0.717, 1.165) is 24.8 Å². The van der Waals surface area contributed by atoms with Crippen LogP contribution >= 0.6 is 0 Å². The summed E-state index contributed by atoms with van der Waals surface area (Å²) < 4.78 is 42.2. The molecule has 0 atom stereocenters.